The molecule has 0 fully saturated rings. The van der Waals surface area contributed by atoms with Crippen LogP contribution in [0.5, 0.6) is 0 Å². The highest BCUT2D eigenvalue weighted by atomic mass is 16.6. The van der Waals surface area contributed by atoms with Crippen molar-refractivity contribution in [2.45, 2.75) is 45.9 Å². The van der Waals surface area contributed by atoms with E-state index >= 15 is 0 Å². The number of amides is 2. The van der Waals surface area contributed by atoms with E-state index in [1.165, 1.54) is 0 Å². The Bertz CT molecular complexity index is 1550. The van der Waals surface area contributed by atoms with Crippen molar-refractivity contribution < 1.29 is 14.3 Å². The molecule has 0 aliphatic carbocycles. The fourth-order valence-electron chi connectivity index (χ4n) is 4.14. The molecule has 3 aromatic carbocycles. The molecule has 0 saturated heterocycles. The summed E-state index contributed by atoms with van der Waals surface area (Å²) in [6, 6.07) is 25.2. The largest absolute Gasteiger partial charge is 0.444 e. The number of hydrogen-bond acceptors (Lipinski definition) is 5. The van der Waals surface area contributed by atoms with Crippen LogP contribution in [0, 0.1) is 6.92 Å². The second kappa shape index (κ2) is 12.2. The molecule has 1 atom stereocenters. The Hall–Kier alpha value is -5.08. The summed E-state index contributed by atoms with van der Waals surface area (Å²) in [5, 5.41) is 14.2. The maximum absolute atomic E-state index is 13.4. The third-order valence-corrected chi connectivity index (χ3v) is 5.80. The van der Waals surface area contributed by atoms with E-state index in [0.29, 0.717) is 22.8 Å². The number of carbonyl (C=O) groups is 2. The van der Waals surface area contributed by atoms with Crippen LogP contribution in [0.1, 0.15) is 59.7 Å². The molecule has 10 nitrogen and oxygen atoms in total. The molecule has 0 bridgehead atoms. The number of ether oxygens (including phenoxy) is 1. The minimum atomic E-state index is -0.592. The first-order valence-electron chi connectivity index (χ1n) is 12.8. The average Bonchev–Trinajstić information content (AvgIpc) is 3.32. The lowest BCUT2D eigenvalue weighted by atomic mass is 9.99. The Kier molecular flexibility index (Phi) is 8.51. The molecule has 0 radical (unpaired) electrons. The summed E-state index contributed by atoms with van der Waals surface area (Å²) < 4.78 is 6.87. The lowest BCUT2D eigenvalue weighted by Crippen LogP contribution is -2.32. The number of aromatic nitrogens is 2. The molecule has 4 rings (SSSR count). The van der Waals surface area contributed by atoms with Gasteiger partial charge in [0.1, 0.15) is 11.3 Å². The van der Waals surface area contributed by atoms with Gasteiger partial charge in [-0.15, -0.1) is 0 Å². The van der Waals surface area contributed by atoms with Crippen LogP contribution in [0.25, 0.3) is 16.1 Å². The Morgan fingerprint density at radius 3 is 2.45 bits per heavy atom. The Morgan fingerprint density at radius 1 is 1.00 bits per heavy atom. The lowest BCUT2D eigenvalue weighted by molar-refractivity contribution is 0.0523. The molecular weight excluding hydrogens is 506 g/mol. The van der Waals surface area contributed by atoms with Crippen molar-refractivity contribution in [3.05, 3.63) is 123 Å². The number of rotatable bonds is 8. The van der Waals surface area contributed by atoms with E-state index in [-0.39, 0.29) is 12.5 Å². The minimum absolute atomic E-state index is 0.255. The fraction of sp³-hybridized carbons (Fsp3) is 0.233. The molecule has 0 aliphatic rings. The van der Waals surface area contributed by atoms with Crippen molar-refractivity contribution >= 4 is 17.7 Å². The molecule has 4 aromatic rings. The number of nitrogens with one attached hydrogen (secondary N) is 2. The summed E-state index contributed by atoms with van der Waals surface area (Å²) >= 11 is 0. The van der Waals surface area contributed by atoms with E-state index in [0.717, 1.165) is 16.7 Å². The smallest absolute Gasteiger partial charge is 0.407 e. The first-order valence-corrected chi connectivity index (χ1v) is 12.8. The topological polar surface area (TPSA) is 134 Å². The fourth-order valence-corrected chi connectivity index (χ4v) is 4.14. The van der Waals surface area contributed by atoms with Gasteiger partial charge in [0, 0.05) is 17.1 Å². The van der Waals surface area contributed by atoms with Crippen LogP contribution in [-0.4, -0.2) is 27.4 Å². The maximum atomic E-state index is 13.4. The van der Waals surface area contributed by atoms with Crippen molar-refractivity contribution in [1.29, 1.82) is 0 Å². The number of alkyl carbamates (subject to hydrolysis) is 1. The summed E-state index contributed by atoms with van der Waals surface area (Å²) in [5.74, 6) is -0.352. The van der Waals surface area contributed by atoms with Crippen LogP contribution in [0.3, 0.4) is 0 Å². The van der Waals surface area contributed by atoms with Gasteiger partial charge in [0.15, 0.2) is 0 Å². The van der Waals surface area contributed by atoms with Crippen LogP contribution >= 0.6 is 0 Å². The van der Waals surface area contributed by atoms with Gasteiger partial charge in [-0.1, -0.05) is 59.7 Å². The molecule has 40 heavy (non-hydrogen) atoms. The molecular formula is C30H31N7O3. The molecule has 0 aliphatic heterocycles. The van der Waals surface area contributed by atoms with E-state index in [1.54, 1.807) is 49.7 Å². The predicted octanol–water partition coefficient (Wildman–Crippen LogP) is 6.86. The minimum Gasteiger partial charge on any atom is -0.444 e. The number of hydrogen-bond donors (Lipinski definition) is 2. The predicted molar refractivity (Wildman–Crippen MR) is 153 cm³/mol. The number of benzene rings is 3. The van der Waals surface area contributed by atoms with Crippen molar-refractivity contribution in [2.24, 2.45) is 5.11 Å². The van der Waals surface area contributed by atoms with Crippen molar-refractivity contribution in [3.8, 4) is 5.69 Å². The third-order valence-electron chi connectivity index (χ3n) is 5.80. The molecule has 0 spiro atoms. The van der Waals surface area contributed by atoms with E-state index in [4.69, 9.17) is 10.3 Å². The second-order valence-corrected chi connectivity index (χ2v) is 10.2. The Balaban J connectivity index is 1.54. The number of azide groups is 1. The molecule has 0 saturated carbocycles. The van der Waals surface area contributed by atoms with Crippen LogP contribution in [0.2, 0.25) is 0 Å². The van der Waals surface area contributed by atoms with E-state index < -0.39 is 17.7 Å². The zero-order chi connectivity index (χ0) is 28.7. The van der Waals surface area contributed by atoms with Crippen molar-refractivity contribution in [1.82, 2.24) is 15.1 Å². The SMILES string of the molecule is Cc1cc(C(=O)Nc2cccc(C(N=[N+]=[N-])c3ccccc3)c2)n(-c2cccc(CNC(=O)OC(C)(C)C)c2)n1. The van der Waals surface area contributed by atoms with Crippen LogP contribution < -0.4 is 10.6 Å². The highest BCUT2D eigenvalue weighted by Crippen LogP contribution is 2.28. The number of carbonyl (C=O) groups excluding carboxylic acids is 2. The zero-order valence-corrected chi connectivity index (χ0v) is 22.8. The van der Waals surface area contributed by atoms with Gasteiger partial charge in [0.05, 0.1) is 17.4 Å². The highest BCUT2D eigenvalue weighted by Gasteiger charge is 2.19. The van der Waals surface area contributed by atoms with Crippen molar-refractivity contribution in [3.63, 3.8) is 0 Å². The molecule has 204 valence electrons. The van der Waals surface area contributed by atoms with Gasteiger partial charge >= 0.3 is 6.09 Å². The summed E-state index contributed by atoms with van der Waals surface area (Å²) in [6.07, 6.45) is -0.509. The standard InChI is InChI=1S/C30H31N7O3/c1-20-16-26(37(35-20)25-15-8-10-21(17-25)19-32-29(39)40-30(2,3)4)28(38)33-24-14-9-13-23(18-24)27(34-36-31)22-11-6-5-7-12-22/h5-18,27H,19H2,1-4H3,(H,32,39)(H,33,38). The highest BCUT2D eigenvalue weighted by molar-refractivity contribution is 6.03. The van der Waals surface area contributed by atoms with Gasteiger partial charge in [-0.3, -0.25) is 4.79 Å². The number of aryl methyl sites for hydroxylation is 1. The van der Waals surface area contributed by atoms with Crippen LogP contribution in [0.15, 0.2) is 90.0 Å². The van der Waals surface area contributed by atoms with Crippen molar-refractivity contribution in [2.75, 3.05) is 5.32 Å². The van der Waals surface area contributed by atoms with Gasteiger partial charge < -0.3 is 15.4 Å². The molecule has 1 aromatic heterocycles. The van der Waals surface area contributed by atoms with Gasteiger partial charge in [0.2, 0.25) is 0 Å². The molecule has 2 N–H and O–H groups in total. The molecule has 1 unspecified atom stereocenters. The molecule has 1 heterocycles. The first kappa shape index (κ1) is 27.9. The Labute approximate surface area is 232 Å². The van der Waals surface area contributed by atoms with Gasteiger partial charge in [0.25, 0.3) is 5.91 Å². The van der Waals surface area contributed by atoms with E-state index in [2.05, 4.69) is 25.8 Å². The number of nitrogens with zero attached hydrogens (tertiary/aromatic N) is 5. The average molecular weight is 538 g/mol. The lowest BCUT2D eigenvalue weighted by Gasteiger charge is -2.19. The third kappa shape index (κ3) is 7.27. The Morgan fingerprint density at radius 2 is 1.73 bits per heavy atom. The summed E-state index contributed by atoms with van der Waals surface area (Å²) in [7, 11) is 0. The van der Waals surface area contributed by atoms with E-state index in [9.17, 15) is 9.59 Å². The normalized spacial score (nSPS) is 11.7. The monoisotopic (exact) mass is 537 g/mol. The first-order chi connectivity index (χ1) is 19.1. The summed E-state index contributed by atoms with van der Waals surface area (Å²) in [6.45, 7) is 7.48. The van der Waals surface area contributed by atoms with Gasteiger partial charge in [-0.25, -0.2) is 9.48 Å². The van der Waals surface area contributed by atoms with Gasteiger partial charge in [-0.2, -0.15) is 5.10 Å². The molecule has 2 amide bonds. The quantitative estimate of drug-likeness (QED) is 0.144. The van der Waals surface area contributed by atoms with Crippen LogP contribution in [0.4, 0.5) is 10.5 Å². The van der Waals surface area contributed by atoms with Gasteiger partial charge in [-0.05, 0) is 80.2 Å². The zero-order valence-electron chi connectivity index (χ0n) is 22.8. The second-order valence-electron chi connectivity index (χ2n) is 10.2. The molecule has 10 heteroatoms. The maximum Gasteiger partial charge on any atom is 0.407 e. The summed E-state index contributed by atoms with van der Waals surface area (Å²) in [4.78, 5) is 28.5. The van der Waals surface area contributed by atoms with E-state index in [1.807, 2.05) is 67.6 Å². The van der Waals surface area contributed by atoms with Crippen LogP contribution in [-0.2, 0) is 11.3 Å². The summed E-state index contributed by atoms with van der Waals surface area (Å²) in [5.41, 5.74) is 13.2. The number of anilines is 1.